The maximum Gasteiger partial charge on any atom is 0.253 e. The first-order valence-electron chi connectivity index (χ1n) is 10.4. The Morgan fingerprint density at radius 2 is 1.77 bits per heavy atom. The van der Waals surface area contributed by atoms with Crippen LogP contribution in [0.2, 0.25) is 0 Å². The Labute approximate surface area is 202 Å². The number of halogens is 1. The summed E-state index contributed by atoms with van der Waals surface area (Å²) in [5.74, 6) is 0.756. The molecular formula is C23H34IN5O2. The average molecular weight is 539 g/mol. The van der Waals surface area contributed by atoms with Crippen molar-refractivity contribution in [3.63, 3.8) is 0 Å². The van der Waals surface area contributed by atoms with E-state index in [1.807, 2.05) is 48.7 Å². The zero-order valence-corrected chi connectivity index (χ0v) is 21.2. The molecule has 0 atom stereocenters. The van der Waals surface area contributed by atoms with Crippen LogP contribution in [-0.2, 0) is 13.1 Å². The van der Waals surface area contributed by atoms with Gasteiger partial charge in [-0.05, 0) is 50.5 Å². The molecule has 0 unspecified atom stereocenters. The Kier molecular flexibility index (Phi) is 11.9. The fourth-order valence-electron chi connectivity index (χ4n) is 3.03. The Morgan fingerprint density at radius 1 is 1.06 bits per heavy atom. The molecule has 0 radical (unpaired) electrons. The van der Waals surface area contributed by atoms with Crippen molar-refractivity contribution in [2.75, 3.05) is 27.2 Å². The van der Waals surface area contributed by atoms with Crippen LogP contribution in [0.25, 0.3) is 0 Å². The van der Waals surface area contributed by atoms with Crippen molar-refractivity contribution in [2.45, 2.75) is 39.8 Å². The molecule has 7 nitrogen and oxygen atoms in total. The summed E-state index contributed by atoms with van der Waals surface area (Å²) in [6.45, 7) is 6.80. The Morgan fingerprint density at radius 3 is 2.39 bits per heavy atom. The number of pyridine rings is 1. The molecular weight excluding hydrogens is 505 g/mol. The van der Waals surface area contributed by atoms with E-state index in [0.717, 1.165) is 49.7 Å². The van der Waals surface area contributed by atoms with E-state index in [9.17, 15) is 9.59 Å². The standard InChI is InChI=1S/C23H33N5O2.HI/c1-5-24-23(25-15-6-7-16-28-18(2)9-8-10-21(28)29)26-17-19-11-13-20(14-12-19)22(30)27(3)4;/h8-14H,5-7,15-17H2,1-4H3,(H2,24,25,26);1H. The minimum absolute atomic E-state index is 0. The quantitative estimate of drug-likeness (QED) is 0.222. The lowest BCUT2D eigenvalue weighted by Gasteiger charge is -2.13. The molecule has 1 aromatic heterocycles. The van der Waals surface area contributed by atoms with Gasteiger partial charge in [0.1, 0.15) is 0 Å². The summed E-state index contributed by atoms with van der Waals surface area (Å²) in [7, 11) is 3.49. The topological polar surface area (TPSA) is 78.7 Å². The van der Waals surface area contributed by atoms with E-state index in [1.54, 1.807) is 31.1 Å². The number of aliphatic imine (C=N–C) groups is 1. The molecule has 0 fully saturated rings. The first kappa shape index (κ1) is 26.7. The number of carbonyl (C=O) groups excluding carboxylic acids is 1. The van der Waals surface area contributed by atoms with E-state index >= 15 is 0 Å². The molecule has 2 rings (SSSR count). The lowest BCUT2D eigenvalue weighted by molar-refractivity contribution is 0.0827. The van der Waals surface area contributed by atoms with Crippen molar-refractivity contribution >= 4 is 35.8 Å². The molecule has 1 amide bonds. The Bertz CT molecular complexity index is 907. The number of nitrogens with one attached hydrogen (secondary N) is 2. The van der Waals surface area contributed by atoms with Crippen LogP contribution in [0.1, 0.15) is 41.4 Å². The van der Waals surface area contributed by atoms with Gasteiger partial charge in [0.05, 0.1) is 6.54 Å². The van der Waals surface area contributed by atoms with Crippen LogP contribution in [0.15, 0.2) is 52.3 Å². The highest BCUT2D eigenvalue weighted by Crippen LogP contribution is 2.07. The number of hydrogen-bond acceptors (Lipinski definition) is 3. The highest BCUT2D eigenvalue weighted by Gasteiger charge is 2.07. The van der Waals surface area contributed by atoms with E-state index in [2.05, 4.69) is 15.6 Å². The van der Waals surface area contributed by atoms with Gasteiger partial charge in [0, 0.05) is 51.1 Å². The van der Waals surface area contributed by atoms with Crippen LogP contribution >= 0.6 is 24.0 Å². The second-order valence-electron chi connectivity index (χ2n) is 7.38. The predicted molar refractivity (Wildman–Crippen MR) is 137 cm³/mol. The molecule has 2 N–H and O–H groups in total. The highest BCUT2D eigenvalue weighted by atomic mass is 127. The third-order valence-corrected chi connectivity index (χ3v) is 4.74. The maximum atomic E-state index is 12.0. The minimum Gasteiger partial charge on any atom is -0.357 e. The van der Waals surface area contributed by atoms with E-state index in [0.29, 0.717) is 12.1 Å². The zero-order chi connectivity index (χ0) is 21.9. The smallest absolute Gasteiger partial charge is 0.253 e. The van der Waals surface area contributed by atoms with Crippen molar-refractivity contribution in [1.29, 1.82) is 0 Å². The van der Waals surface area contributed by atoms with Crippen molar-refractivity contribution in [2.24, 2.45) is 4.99 Å². The molecule has 1 heterocycles. The van der Waals surface area contributed by atoms with Crippen LogP contribution in [0, 0.1) is 6.92 Å². The normalized spacial score (nSPS) is 10.9. The van der Waals surface area contributed by atoms with Gasteiger partial charge in [0.25, 0.3) is 11.5 Å². The van der Waals surface area contributed by atoms with E-state index in [1.165, 1.54) is 0 Å². The molecule has 31 heavy (non-hydrogen) atoms. The molecule has 1 aromatic carbocycles. The molecule has 170 valence electrons. The SMILES string of the molecule is CCNC(=NCc1ccc(C(=O)N(C)C)cc1)NCCCCn1c(C)cccc1=O.I. The molecule has 0 bridgehead atoms. The number of unbranched alkanes of at least 4 members (excludes halogenated alkanes) is 1. The number of rotatable bonds is 9. The summed E-state index contributed by atoms with van der Waals surface area (Å²) in [4.78, 5) is 30.1. The monoisotopic (exact) mass is 539 g/mol. The molecule has 0 aliphatic carbocycles. The van der Waals surface area contributed by atoms with Gasteiger partial charge in [-0.1, -0.05) is 18.2 Å². The summed E-state index contributed by atoms with van der Waals surface area (Å²) in [6.07, 6.45) is 1.85. The van der Waals surface area contributed by atoms with Gasteiger partial charge in [0.2, 0.25) is 0 Å². The summed E-state index contributed by atoms with van der Waals surface area (Å²) in [5.41, 5.74) is 2.76. The largest absolute Gasteiger partial charge is 0.357 e. The number of aromatic nitrogens is 1. The molecule has 0 aliphatic heterocycles. The van der Waals surface area contributed by atoms with Crippen LogP contribution in [-0.4, -0.2) is 48.5 Å². The van der Waals surface area contributed by atoms with Gasteiger partial charge in [0.15, 0.2) is 5.96 Å². The number of aryl methyl sites for hydroxylation is 1. The van der Waals surface area contributed by atoms with Crippen molar-refractivity contribution < 1.29 is 4.79 Å². The van der Waals surface area contributed by atoms with Gasteiger partial charge < -0.3 is 20.1 Å². The highest BCUT2D eigenvalue weighted by molar-refractivity contribution is 14.0. The number of carbonyl (C=O) groups is 1. The summed E-state index contributed by atoms with van der Waals surface area (Å²) >= 11 is 0. The van der Waals surface area contributed by atoms with Gasteiger partial charge >= 0.3 is 0 Å². The fraction of sp³-hybridized carbons (Fsp3) is 0.435. The lowest BCUT2D eigenvalue weighted by Crippen LogP contribution is -2.37. The predicted octanol–water partition coefficient (Wildman–Crippen LogP) is 3.01. The number of guanidine groups is 1. The van der Waals surface area contributed by atoms with Crippen LogP contribution in [0.5, 0.6) is 0 Å². The second kappa shape index (κ2) is 13.8. The first-order valence-corrected chi connectivity index (χ1v) is 10.4. The molecule has 0 saturated carbocycles. The van der Waals surface area contributed by atoms with Crippen LogP contribution < -0.4 is 16.2 Å². The van der Waals surface area contributed by atoms with Crippen LogP contribution in [0.4, 0.5) is 0 Å². The summed E-state index contributed by atoms with van der Waals surface area (Å²) in [6, 6.07) is 12.9. The molecule has 8 heteroatoms. The number of benzene rings is 1. The zero-order valence-electron chi connectivity index (χ0n) is 18.9. The second-order valence-corrected chi connectivity index (χ2v) is 7.38. The van der Waals surface area contributed by atoms with Crippen molar-refractivity contribution in [3.05, 3.63) is 69.6 Å². The van der Waals surface area contributed by atoms with Crippen LogP contribution in [0.3, 0.4) is 0 Å². The average Bonchev–Trinajstić information content (AvgIpc) is 2.73. The third kappa shape index (κ3) is 8.72. The Hall–Kier alpha value is -2.36. The number of nitrogens with zero attached hydrogens (tertiary/aromatic N) is 3. The molecule has 0 saturated heterocycles. The van der Waals surface area contributed by atoms with E-state index in [-0.39, 0.29) is 35.4 Å². The van der Waals surface area contributed by atoms with Gasteiger partial charge in [-0.2, -0.15) is 0 Å². The third-order valence-electron chi connectivity index (χ3n) is 4.74. The van der Waals surface area contributed by atoms with Gasteiger partial charge in [-0.25, -0.2) is 4.99 Å². The number of amides is 1. The number of hydrogen-bond donors (Lipinski definition) is 2. The molecule has 2 aromatic rings. The van der Waals surface area contributed by atoms with E-state index < -0.39 is 0 Å². The summed E-state index contributed by atoms with van der Waals surface area (Å²) < 4.78 is 1.81. The fourth-order valence-corrected chi connectivity index (χ4v) is 3.03. The lowest BCUT2D eigenvalue weighted by atomic mass is 10.1. The molecule has 0 spiro atoms. The van der Waals surface area contributed by atoms with E-state index in [4.69, 9.17) is 0 Å². The van der Waals surface area contributed by atoms with Crippen molar-refractivity contribution in [1.82, 2.24) is 20.1 Å². The maximum absolute atomic E-state index is 12.0. The summed E-state index contributed by atoms with van der Waals surface area (Å²) in [5, 5.41) is 6.59. The van der Waals surface area contributed by atoms with Gasteiger partial charge in [-0.3, -0.25) is 9.59 Å². The first-order chi connectivity index (χ1) is 14.4. The van der Waals surface area contributed by atoms with Crippen molar-refractivity contribution in [3.8, 4) is 0 Å². The molecule has 0 aliphatic rings. The van der Waals surface area contributed by atoms with Gasteiger partial charge in [-0.15, -0.1) is 24.0 Å². The minimum atomic E-state index is -0.00647. The Balaban J connectivity index is 0.00000480.